The maximum Gasteiger partial charge on any atom is 0.302 e. The molecule has 0 saturated heterocycles. The summed E-state index contributed by atoms with van der Waals surface area (Å²) in [5.41, 5.74) is 0. The lowest BCUT2D eigenvalue weighted by molar-refractivity contribution is 0.527. The summed E-state index contributed by atoms with van der Waals surface area (Å²) in [5, 5.41) is 0.267. The molecule has 0 aliphatic carbocycles. The molecule has 1 N–H and O–H groups in total. The van der Waals surface area contributed by atoms with E-state index in [1.807, 2.05) is 0 Å². The topological polar surface area (TPSA) is 75.2 Å². The molecule has 0 amide bonds. The second kappa shape index (κ2) is 3.33. The fourth-order valence-corrected chi connectivity index (χ4v) is 1.63. The van der Waals surface area contributed by atoms with Gasteiger partial charge in [-0.25, -0.2) is 9.71 Å². The van der Waals surface area contributed by atoms with Crippen molar-refractivity contribution in [1.82, 2.24) is 13.7 Å². The number of hydrogen-bond acceptors (Lipinski definition) is 5. The Hall–Kier alpha value is -0.730. The molecule has 0 atom stereocenters. The van der Waals surface area contributed by atoms with E-state index in [4.69, 9.17) is 0 Å². The molecule has 68 valence electrons. The molecule has 0 aliphatic heterocycles. The molecule has 0 bridgehead atoms. The lowest BCUT2D eigenvalue weighted by Gasteiger charge is -2.10. The Morgan fingerprint density at radius 3 is 2.67 bits per heavy atom. The van der Waals surface area contributed by atoms with E-state index < -0.39 is 10.2 Å². The summed E-state index contributed by atoms with van der Waals surface area (Å²) < 4.78 is 29.3. The van der Waals surface area contributed by atoms with Gasteiger partial charge >= 0.3 is 10.2 Å². The third-order valence-corrected chi connectivity index (χ3v) is 3.18. The molecule has 6 nitrogen and oxygen atoms in total. The van der Waals surface area contributed by atoms with Gasteiger partial charge in [-0.3, -0.25) is 0 Å². The lowest BCUT2D eigenvalue weighted by Crippen LogP contribution is -2.28. The van der Waals surface area contributed by atoms with Crippen molar-refractivity contribution in [3.05, 3.63) is 6.33 Å². The van der Waals surface area contributed by atoms with Crippen LogP contribution in [0.15, 0.2) is 6.33 Å². The number of aromatic nitrogens is 2. The molecular formula is C4H8N4O2S2. The standard InChI is InChI=1S/C4H8N4O2S2/c1-8(2)12(9,10)7-4-5-3-6-11-4/h3H,1-2H3,(H,5,6,7). The summed E-state index contributed by atoms with van der Waals surface area (Å²) in [6, 6.07) is 0. The lowest BCUT2D eigenvalue weighted by atomic mass is 11.2. The monoisotopic (exact) mass is 208 g/mol. The van der Waals surface area contributed by atoms with Crippen molar-refractivity contribution < 1.29 is 8.42 Å². The first-order valence-electron chi connectivity index (χ1n) is 2.99. The molecule has 1 aromatic heterocycles. The Morgan fingerprint density at radius 2 is 2.25 bits per heavy atom. The van der Waals surface area contributed by atoms with Gasteiger partial charge in [0.2, 0.25) is 5.13 Å². The highest BCUT2D eigenvalue weighted by molar-refractivity contribution is 7.90. The van der Waals surface area contributed by atoms with Crippen LogP contribution < -0.4 is 4.72 Å². The van der Waals surface area contributed by atoms with Gasteiger partial charge in [0.1, 0.15) is 6.33 Å². The molecule has 1 rings (SSSR count). The van der Waals surface area contributed by atoms with Gasteiger partial charge in [-0.05, 0) is 0 Å². The normalized spacial score (nSPS) is 11.9. The van der Waals surface area contributed by atoms with Crippen molar-refractivity contribution in [2.24, 2.45) is 0 Å². The zero-order valence-electron chi connectivity index (χ0n) is 6.55. The Labute approximate surface area is 74.6 Å². The largest absolute Gasteiger partial charge is 0.302 e. The molecule has 0 radical (unpaired) electrons. The fourth-order valence-electron chi connectivity index (χ4n) is 0.420. The van der Waals surface area contributed by atoms with E-state index in [-0.39, 0.29) is 5.13 Å². The van der Waals surface area contributed by atoms with Crippen LogP contribution in [0.1, 0.15) is 0 Å². The first kappa shape index (κ1) is 9.36. The van der Waals surface area contributed by atoms with Crippen LogP contribution in [0.4, 0.5) is 5.13 Å². The zero-order chi connectivity index (χ0) is 9.19. The minimum Gasteiger partial charge on any atom is -0.245 e. The van der Waals surface area contributed by atoms with Gasteiger partial charge in [0.05, 0.1) is 0 Å². The second-order valence-corrected chi connectivity index (χ2v) is 4.80. The maximum absolute atomic E-state index is 11.2. The Kier molecular flexibility index (Phi) is 2.60. The molecule has 1 aromatic rings. The van der Waals surface area contributed by atoms with E-state index in [0.29, 0.717) is 0 Å². The first-order valence-corrected chi connectivity index (χ1v) is 5.20. The molecule has 1 heterocycles. The van der Waals surface area contributed by atoms with Crippen LogP contribution in [0.25, 0.3) is 0 Å². The number of hydrogen-bond donors (Lipinski definition) is 1. The molecule has 0 unspecified atom stereocenters. The minimum absolute atomic E-state index is 0.267. The Morgan fingerprint density at radius 1 is 1.58 bits per heavy atom. The van der Waals surface area contributed by atoms with E-state index in [1.54, 1.807) is 0 Å². The van der Waals surface area contributed by atoms with Crippen molar-refractivity contribution in [3.63, 3.8) is 0 Å². The van der Waals surface area contributed by atoms with Crippen LogP contribution in [-0.4, -0.2) is 36.2 Å². The van der Waals surface area contributed by atoms with Crippen molar-refractivity contribution in [2.45, 2.75) is 0 Å². The second-order valence-electron chi connectivity index (χ2n) is 2.14. The average Bonchev–Trinajstić information content (AvgIpc) is 2.38. The summed E-state index contributed by atoms with van der Waals surface area (Å²) in [7, 11) is -0.562. The van der Waals surface area contributed by atoms with E-state index in [0.717, 1.165) is 15.8 Å². The highest BCUT2D eigenvalue weighted by atomic mass is 32.2. The molecule has 0 spiro atoms. The van der Waals surface area contributed by atoms with Crippen molar-refractivity contribution in [3.8, 4) is 0 Å². The maximum atomic E-state index is 11.2. The van der Waals surface area contributed by atoms with E-state index in [2.05, 4.69) is 14.1 Å². The number of rotatable bonds is 3. The van der Waals surface area contributed by atoms with Crippen molar-refractivity contribution in [2.75, 3.05) is 18.8 Å². The molecule has 0 saturated carbocycles. The SMILES string of the molecule is CN(C)S(=O)(=O)Nc1ncns1. The smallest absolute Gasteiger partial charge is 0.245 e. The van der Waals surface area contributed by atoms with Crippen LogP contribution in [0.3, 0.4) is 0 Å². The van der Waals surface area contributed by atoms with Crippen molar-refractivity contribution >= 4 is 26.9 Å². The quantitative estimate of drug-likeness (QED) is 0.743. The summed E-state index contributed by atoms with van der Waals surface area (Å²) in [4.78, 5) is 3.67. The van der Waals surface area contributed by atoms with Gasteiger partial charge in [0, 0.05) is 25.6 Å². The summed E-state index contributed by atoms with van der Waals surface area (Å²) >= 11 is 0.989. The van der Waals surface area contributed by atoms with E-state index in [1.165, 1.54) is 20.4 Å². The number of nitrogens with zero attached hydrogens (tertiary/aromatic N) is 3. The summed E-state index contributed by atoms with van der Waals surface area (Å²) in [6.45, 7) is 0. The van der Waals surface area contributed by atoms with Crippen LogP contribution in [0.2, 0.25) is 0 Å². The third kappa shape index (κ3) is 2.13. The Bertz CT molecular complexity index is 330. The molecule has 0 aromatic carbocycles. The Balaban J connectivity index is 2.77. The summed E-state index contributed by atoms with van der Waals surface area (Å²) in [6.07, 6.45) is 1.29. The van der Waals surface area contributed by atoms with Gasteiger partial charge < -0.3 is 0 Å². The molecule has 8 heteroatoms. The van der Waals surface area contributed by atoms with E-state index in [9.17, 15) is 8.42 Å². The third-order valence-electron chi connectivity index (χ3n) is 1.06. The highest BCUT2D eigenvalue weighted by Gasteiger charge is 2.13. The van der Waals surface area contributed by atoms with Gasteiger partial charge in [0.25, 0.3) is 0 Å². The highest BCUT2D eigenvalue weighted by Crippen LogP contribution is 2.09. The molecule has 0 fully saturated rings. The first-order chi connectivity index (χ1) is 5.52. The van der Waals surface area contributed by atoms with Crippen LogP contribution >= 0.6 is 11.5 Å². The van der Waals surface area contributed by atoms with Crippen LogP contribution in [0.5, 0.6) is 0 Å². The van der Waals surface area contributed by atoms with Gasteiger partial charge in [0.15, 0.2) is 0 Å². The fraction of sp³-hybridized carbons (Fsp3) is 0.500. The molecule has 0 aliphatic rings. The van der Waals surface area contributed by atoms with Gasteiger partial charge in [-0.15, -0.1) is 0 Å². The summed E-state index contributed by atoms with van der Waals surface area (Å²) in [5.74, 6) is 0. The zero-order valence-corrected chi connectivity index (χ0v) is 8.18. The van der Waals surface area contributed by atoms with Crippen LogP contribution in [-0.2, 0) is 10.2 Å². The number of nitrogens with one attached hydrogen (secondary N) is 1. The molecular weight excluding hydrogens is 200 g/mol. The predicted octanol–water partition coefficient (Wildman–Crippen LogP) is -0.244. The predicted molar refractivity (Wildman–Crippen MR) is 46.1 cm³/mol. The minimum atomic E-state index is -3.43. The van der Waals surface area contributed by atoms with Gasteiger partial charge in [-0.2, -0.15) is 17.1 Å². The molecule has 12 heavy (non-hydrogen) atoms. The van der Waals surface area contributed by atoms with Gasteiger partial charge in [-0.1, -0.05) is 0 Å². The van der Waals surface area contributed by atoms with E-state index >= 15 is 0 Å². The van der Waals surface area contributed by atoms with Crippen molar-refractivity contribution in [1.29, 1.82) is 0 Å². The number of anilines is 1. The average molecular weight is 208 g/mol. The van der Waals surface area contributed by atoms with Crippen LogP contribution in [0, 0.1) is 0 Å².